The Labute approximate surface area is 167 Å². The highest BCUT2D eigenvalue weighted by atomic mass is 16.5. The molecule has 9 heteroatoms. The Balaban J connectivity index is 1.50. The Hall–Kier alpha value is -3.62. The van der Waals surface area contributed by atoms with E-state index in [0.29, 0.717) is 17.6 Å². The van der Waals surface area contributed by atoms with Crippen LogP contribution in [0.1, 0.15) is 31.2 Å². The normalized spacial score (nSPS) is 15.9. The molecule has 146 valence electrons. The number of pyridine rings is 1. The van der Waals surface area contributed by atoms with Crippen molar-refractivity contribution >= 4 is 5.95 Å². The van der Waals surface area contributed by atoms with Gasteiger partial charge in [0.25, 0.3) is 5.89 Å². The molecule has 9 nitrogen and oxygen atoms in total. The largest absolute Gasteiger partial charge is 0.368 e. The van der Waals surface area contributed by atoms with Crippen molar-refractivity contribution in [1.82, 2.24) is 34.9 Å². The summed E-state index contributed by atoms with van der Waals surface area (Å²) in [6.45, 7) is 2.16. The van der Waals surface area contributed by atoms with Crippen molar-refractivity contribution < 1.29 is 4.52 Å². The fraction of sp³-hybridized carbons (Fsp3) is 0.300. The van der Waals surface area contributed by atoms with E-state index >= 15 is 0 Å². The number of hydrogen-bond donors (Lipinski definition) is 1. The van der Waals surface area contributed by atoms with Gasteiger partial charge in [-0.3, -0.25) is 9.67 Å². The zero-order valence-corrected chi connectivity index (χ0v) is 16.1. The quantitative estimate of drug-likeness (QED) is 0.554. The molecule has 0 aromatic carbocycles. The molecule has 4 heterocycles. The van der Waals surface area contributed by atoms with Crippen molar-refractivity contribution in [3.8, 4) is 22.7 Å². The number of nitrogen functional groups attached to an aromatic ring is 1. The lowest BCUT2D eigenvalue weighted by Gasteiger charge is -2.26. The first-order valence-corrected chi connectivity index (χ1v) is 9.41. The number of nitrogens with two attached hydrogens (primary N) is 1. The van der Waals surface area contributed by atoms with E-state index in [1.165, 1.54) is 0 Å². The van der Waals surface area contributed by atoms with Gasteiger partial charge in [-0.15, -0.1) is 0 Å². The molecule has 0 unspecified atom stereocenters. The van der Waals surface area contributed by atoms with Crippen LogP contribution in [-0.4, -0.2) is 34.9 Å². The maximum atomic E-state index is 5.57. The molecule has 1 saturated carbocycles. The summed E-state index contributed by atoms with van der Waals surface area (Å²) in [7, 11) is 1.86. The van der Waals surface area contributed by atoms with Crippen LogP contribution >= 0.6 is 0 Å². The SMILES string of the molecule is Cn1cc(-c2nc([C@](C)(c3ccc(-c4cnc(N)nc4)nc3)C3CC3)no2)cn1. The Morgan fingerprint density at radius 3 is 2.48 bits per heavy atom. The van der Waals surface area contributed by atoms with Crippen LogP contribution in [0.2, 0.25) is 0 Å². The van der Waals surface area contributed by atoms with Crippen molar-refractivity contribution in [2.24, 2.45) is 13.0 Å². The van der Waals surface area contributed by atoms with Crippen molar-refractivity contribution in [3.63, 3.8) is 0 Å². The van der Waals surface area contributed by atoms with Gasteiger partial charge in [0.05, 0.1) is 22.9 Å². The van der Waals surface area contributed by atoms with Crippen LogP contribution in [0.5, 0.6) is 0 Å². The summed E-state index contributed by atoms with van der Waals surface area (Å²) in [5, 5.41) is 8.49. The third-order valence-electron chi connectivity index (χ3n) is 5.57. The van der Waals surface area contributed by atoms with Gasteiger partial charge >= 0.3 is 0 Å². The lowest BCUT2D eigenvalue weighted by molar-refractivity contribution is 0.386. The van der Waals surface area contributed by atoms with Gasteiger partial charge in [0, 0.05) is 37.4 Å². The molecule has 4 aromatic heterocycles. The lowest BCUT2D eigenvalue weighted by Crippen LogP contribution is -2.28. The van der Waals surface area contributed by atoms with Gasteiger partial charge in [-0.1, -0.05) is 11.2 Å². The van der Waals surface area contributed by atoms with Gasteiger partial charge < -0.3 is 10.3 Å². The van der Waals surface area contributed by atoms with Crippen LogP contribution in [0.3, 0.4) is 0 Å². The van der Waals surface area contributed by atoms with Gasteiger partial charge in [-0.25, -0.2) is 9.97 Å². The predicted molar refractivity (Wildman–Crippen MR) is 105 cm³/mol. The molecule has 1 atom stereocenters. The van der Waals surface area contributed by atoms with E-state index in [2.05, 4.69) is 38.2 Å². The molecule has 1 aliphatic carbocycles. The number of hydrogen-bond acceptors (Lipinski definition) is 8. The number of anilines is 1. The third kappa shape index (κ3) is 3.04. The molecular formula is C20H20N8O. The highest BCUT2D eigenvalue weighted by molar-refractivity contribution is 5.58. The first-order chi connectivity index (χ1) is 14.0. The monoisotopic (exact) mass is 388 g/mol. The van der Waals surface area contributed by atoms with E-state index in [9.17, 15) is 0 Å². The average molecular weight is 388 g/mol. The van der Waals surface area contributed by atoms with E-state index in [1.807, 2.05) is 25.5 Å². The molecule has 2 N–H and O–H groups in total. The number of rotatable bonds is 5. The van der Waals surface area contributed by atoms with Gasteiger partial charge in [-0.2, -0.15) is 10.1 Å². The van der Waals surface area contributed by atoms with E-state index in [-0.39, 0.29) is 11.4 Å². The number of nitrogens with zero attached hydrogens (tertiary/aromatic N) is 7. The molecular weight excluding hydrogens is 368 g/mol. The molecule has 0 radical (unpaired) electrons. The van der Waals surface area contributed by atoms with Gasteiger partial charge in [-0.05, 0) is 37.3 Å². The van der Waals surface area contributed by atoms with Crippen LogP contribution in [0.4, 0.5) is 5.95 Å². The van der Waals surface area contributed by atoms with Crippen molar-refractivity contribution in [2.45, 2.75) is 25.2 Å². The van der Waals surface area contributed by atoms with Gasteiger partial charge in [0.15, 0.2) is 5.82 Å². The number of aromatic nitrogens is 7. The maximum absolute atomic E-state index is 5.57. The minimum atomic E-state index is -0.368. The fourth-order valence-electron chi connectivity index (χ4n) is 3.63. The predicted octanol–water partition coefficient (Wildman–Crippen LogP) is 2.62. The Morgan fingerprint density at radius 1 is 1.07 bits per heavy atom. The highest BCUT2D eigenvalue weighted by Gasteiger charge is 2.47. The highest BCUT2D eigenvalue weighted by Crippen LogP contribution is 2.50. The van der Waals surface area contributed by atoms with Crippen molar-refractivity contribution in [2.75, 3.05) is 5.73 Å². The zero-order valence-electron chi connectivity index (χ0n) is 16.1. The molecule has 0 bridgehead atoms. The minimum Gasteiger partial charge on any atom is -0.368 e. The molecule has 0 aliphatic heterocycles. The smallest absolute Gasteiger partial charge is 0.261 e. The molecule has 4 aromatic rings. The van der Waals surface area contributed by atoms with Crippen LogP contribution in [-0.2, 0) is 12.5 Å². The summed E-state index contributed by atoms with van der Waals surface area (Å²) in [5.74, 6) is 1.84. The molecule has 0 spiro atoms. The minimum absolute atomic E-state index is 0.244. The van der Waals surface area contributed by atoms with E-state index in [4.69, 9.17) is 15.2 Å². The Morgan fingerprint density at radius 2 is 1.86 bits per heavy atom. The van der Waals surface area contributed by atoms with Gasteiger partial charge in [0.1, 0.15) is 0 Å². The summed E-state index contributed by atoms with van der Waals surface area (Å²) >= 11 is 0. The standard InChI is InChI=1S/C20H20N8O/c1-20(14-3-4-14,18-26-17(29-27-18)13-9-25-28(2)11-13)15-5-6-16(22-10-15)12-7-23-19(21)24-8-12/h5-11,14H,3-4H2,1-2H3,(H2,21,23,24)/t20-/m0/s1. The van der Waals surface area contributed by atoms with Crippen molar-refractivity contribution in [3.05, 3.63) is 54.5 Å². The Bertz CT molecular complexity index is 1140. The van der Waals surface area contributed by atoms with E-state index in [0.717, 1.165) is 35.2 Å². The number of aryl methyl sites for hydroxylation is 1. The average Bonchev–Trinajstić information content (AvgIpc) is 3.32. The van der Waals surface area contributed by atoms with E-state index in [1.54, 1.807) is 23.3 Å². The molecule has 0 saturated heterocycles. The van der Waals surface area contributed by atoms with Crippen LogP contribution in [0.15, 0.2) is 47.6 Å². The summed E-state index contributed by atoms with van der Waals surface area (Å²) in [4.78, 5) is 17.4. The second-order valence-corrected chi connectivity index (χ2v) is 7.56. The molecule has 1 aliphatic rings. The molecule has 5 rings (SSSR count). The second kappa shape index (κ2) is 6.47. The van der Waals surface area contributed by atoms with Crippen LogP contribution in [0.25, 0.3) is 22.7 Å². The van der Waals surface area contributed by atoms with Gasteiger partial charge in [0.2, 0.25) is 5.95 Å². The maximum Gasteiger partial charge on any atom is 0.261 e. The molecule has 0 amide bonds. The fourth-order valence-corrected chi connectivity index (χ4v) is 3.63. The van der Waals surface area contributed by atoms with E-state index < -0.39 is 0 Å². The first-order valence-electron chi connectivity index (χ1n) is 9.41. The zero-order chi connectivity index (χ0) is 20.0. The summed E-state index contributed by atoms with van der Waals surface area (Å²) in [5.41, 5.74) is 8.66. The molecule has 29 heavy (non-hydrogen) atoms. The van der Waals surface area contributed by atoms with Crippen LogP contribution < -0.4 is 5.73 Å². The second-order valence-electron chi connectivity index (χ2n) is 7.56. The summed E-state index contributed by atoms with van der Waals surface area (Å²) < 4.78 is 7.26. The van der Waals surface area contributed by atoms with Crippen LogP contribution in [0, 0.1) is 5.92 Å². The lowest BCUT2D eigenvalue weighted by atomic mass is 9.77. The third-order valence-corrected chi connectivity index (χ3v) is 5.57. The summed E-state index contributed by atoms with van der Waals surface area (Å²) in [6, 6.07) is 4.03. The Kier molecular flexibility index (Phi) is 3.90. The van der Waals surface area contributed by atoms with Crippen molar-refractivity contribution in [1.29, 1.82) is 0 Å². The summed E-state index contributed by atoms with van der Waals surface area (Å²) in [6.07, 6.45) is 11.0. The molecule has 1 fully saturated rings. The first kappa shape index (κ1) is 17.5. The topological polar surface area (TPSA) is 121 Å².